The summed E-state index contributed by atoms with van der Waals surface area (Å²) in [6.07, 6.45) is -0.538. The second-order valence-corrected chi connectivity index (χ2v) is 10.7. The van der Waals surface area contributed by atoms with E-state index in [1.54, 1.807) is 0 Å². The van der Waals surface area contributed by atoms with E-state index in [4.69, 9.17) is 11.5 Å². The van der Waals surface area contributed by atoms with E-state index in [0.29, 0.717) is 16.7 Å². The molecule has 0 bridgehead atoms. The Bertz CT molecular complexity index is 1510. The highest BCUT2D eigenvalue weighted by atomic mass is 16.4. The maximum atomic E-state index is 13.7. The number of amides is 4. The van der Waals surface area contributed by atoms with Crippen LogP contribution in [-0.2, 0) is 43.2 Å². The van der Waals surface area contributed by atoms with Crippen molar-refractivity contribution in [3.8, 4) is 17.2 Å². The van der Waals surface area contributed by atoms with Crippen molar-refractivity contribution in [1.82, 2.24) is 16.0 Å². The highest BCUT2D eigenvalue weighted by Crippen LogP contribution is 2.15. The highest BCUT2D eigenvalue weighted by Gasteiger charge is 2.31. The topological polar surface area (TPSA) is 254 Å². The van der Waals surface area contributed by atoms with Gasteiger partial charge in [0.2, 0.25) is 23.6 Å². The molecule has 4 atom stereocenters. The predicted octanol–water partition coefficient (Wildman–Crippen LogP) is -0.0369. The molecule has 14 nitrogen and oxygen atoms in total. The molecule has 0 aliphatic heterocycles. The molecule has 0 fully saturated rings. The van der Waals surface area contributed by atoms with E-state index < -0.39 is 53.8 Å². The fourth-order valence-corrected chi connectivity index (χ4v) is 4.47. The van der Waals surface area contributed by atoms with Crippen LogP contribution in [-0.4, -0.2) is 74.2 Å². The smallest absolute Gasteiger partial charge is 0.326 e. The van der Waals surface area contributed by atoms with Gasteiger partial charge < -0.3 is 47.8 Å². The first-order valence-electron chi connectivity index (χ1n) is 14.3. The summed E-state index contributed by atoms with van der Waals surface area (Å²) in [5.74, 6) is -4.44. The zero-order valence-electron chi connectivity index (χ0n) is 24.8. The molecule has 46 heavy (non-hydrogen) atoms. The fourth-order valence-electron chi connectivity index (χ4n) is 4.47. The molecule has 3 aromatic carbocycles. The SMILES string of the molecule is NC(=O)CCC(N)C(=O)NC(Cc1ccc(O)cc1)C(=O)NC(Cc1ccc(O)cc1)C(=O)NC(Cc1ccc(O)cc1)C(=O)O. The van der Waals surface area contributed by atoms with Crippen LogP contribution >= 0.6 is 0 Å². The molecule has 3 aromatic rings. The van der Waals surface area contributed by atoms with Crippen molar-refractivity contribution < 1.29 is 44.4 Å². The molecular formula is C32H37N5O9. The number of carbonyl (C=O) groups is 5. The van der Waals surface area contributed by atoms with Gasteiger partial charge in [-0.05, 0) is 59.5 Å². The molecular weight excluding hydrogens is 598 g/mol. The van der Waals surface area contributed by atoms with Gasteiger partial charge in [-0.3, -0.25) is 19.2 Å². The number of phenols is 3. The van der Waals surface area contributed by atoms with Gasteiger partial charge in [0.05, 0.1) is 6.04 Å². The number of aliphatic carboxylic acids is 1. The first-order valence-corrected chi connectivity index (χ1v) is 14.3. The van der Waals surface area contributed by atoms with Crippen LogP contribution in [0.3, 0.4) is 0 Å². The third kappa shape index (κ3) is 11.1. The number of benzene rings is 3. The summed E-state index contributed by atoms with van der Waals surface area (Å²) in [5, 5.41) is 46.3. The van der Waals surface area contributed by atoms with Gasteiger partial charge in [-0.25, -0.2) is 4.79 Å². The number of carboxylic acids is 1. The Morgan fingerprint density at radius 3 is 1.24 bits per heavy atom. The summed E-state index contributed by atoms with van der Waals surface area (Å²) < 4.78 is 0. The zero-order valence-corrected chi connectivity index (χ0v) is 24.8. The van der Waals surface area contributed by atoms with Crippen molar-refractivity contribution >= 4 is 29.6 Å². The minimum atomic E-state index is -1.40. The number of hydrogen-bond donors (Lipinski definition) is 9. The molecule has 0 saturated carbocycles. The Morgan fingerprint density at radius 1 is 0.565 bits per heavy atom. The monoisotopic (exact) mass is 635 g/mol. The predicted molar refractivity (Wildman–Crippen MR) is 165 cm³/mol. The summed E-state index contributed by atoms with van der Waals surface area (Å²) >= 11 is 0. The van der Waals surface area contributed by atoms with E-state index in [9.17, 15) is 44.4 Å². The molecule has 0 spiro atoms. The van der Waals surface area contributed by atoms with Crippen LogP contribution in [0.5, 0.6) is 17.2 Å². The van der Waals surface area contributed by atoms with Crippen molar-refractivity contribution in [1.29, 1.82) is 0 Å². The van der Waals surface area contributed by atoms with Crippen LogP contribution in [0.2, 0.25) is 0 Å². The highest BCUT2D eigenvalue weighted by molar-refractivity contribution is 5.94. The van der Waals surface area contributed by atoms with Crippen LogP contribution in [0.15, 0.2) is 72.8 Å². The third-order valence-electron chi connectivity index (χ3n) is 7.05. The van der Waals surface area contributed by atoms with Crippen LogP contribution in [0.1, 0.15) is 29.5 Å². The summed E-state index contributed by atoms with van der Waals surface area (Å²) in [6.45, 7) is 0. The fraction of sp³-hybridized carbons (Fsp3) is 0.281. The van der Waals surface area contributed by atoms with E-state index in [1.807, 2.05) is 0 Å². The number of rotatable bonds is 16. The summed E-state index contributed by atoms with van der Waals surface area (Å²) in [6, 6.07) is 12.3. The van der Waals surface area contributed by atoms with Crippen LogP contribution in [0, 0.1) is 0 Å². The van der Waals surface area contributed by atoms with Crippen molar-refractivity contribution in [2.45, 2.75) is 56.3 Å². The molecule has 244 valence electrons. The van der Waals surface area contributed by atoms with Gasteiger partial charge in [0.1, 0.15) is 35.4 Å². The van der Waals surface area contributed by atoms with Crippen LogP contribution < -0.4 is 27.4 Å². The number of carbonyl (C=O) groups excluding carboxylic acids is 4. The Labute approximate surface area is 264 Å². The number of aromatic hydroxyl groups is 3. The normalized spacial score (nSPS) is 13.4. The maximum Gasteiger partial charge on any atom is 0.326 e. The molecule has 0 radical (unpaired) electrons. The molecule has 4 unspecified atom stereocenters. The van der Waals surface area contributed by atoms with Gasteiger partial charge in [-0.15, -0.1) is 0 Å². The number of carboxylic acid groups (broad SMARTS) is 1. The largest absolute Gasteiger partial charge is 0.508 e. The zero-order chi connectivity index (χ0) is 33.8. The molecule has 0 saturated heterocycles. The molecule has 0 aliphatic rings. The molecule has 0 heterocycles. The number of nitrogens with one attached hydrogen (secondary N) is 3. The molecule has 4 amide bonds. The Morgan fingerprint density at radius 2 is 0.891 bits per heavy atom. The van der Waals surface area contributed by atoms with Crippen molar-refractivity contribution in [3.63, 3.8) is 0 Å². The Hall–Kier alpha value is -5.63. The average molecular weight is 636 g/mol. The van der Waals surface area contributed by atoms with Gasteiger partial charge >= 0.3 is 5.97 Å². The number of phenolic OH excluding ortho intramolecular Hbond substituents is 3. The molecule has 11 N–H and O–H groups in total. The second kappa shape index (κ2) is 16.4. The van der Waals surface area contributed by atoms with E-state index in [2.05, 4.69) is 16.0 Å². The first kappa shape index (κ1) is 34.9. The Balaban J connectivity index is 1.86. The van der Waals surface area contributed by atoms with Crippen molar-refractivity contribution in [3.05, 3.63) is 89.5 Å². The minimum Gasteiger partial charge on any atom is -0.508 e. The van der Waals surface area contributed by atoms with Crippen LogP contribution in [0.4, 0.5) is 0 Å². The van der Waals surface area contributed by atoms with Gasteiger partial charge in [0.25, 0.3) is 0 Å². The standard InChI is InChI=1S/C32H37N5O9/c33-24(13-14-28(34)41)29(42)35-25(15-18-1-7-21(38)8-2-18)30(43)36-26(16-19-3-9-22(39)10-4-19)31(44)37-27(32(45)46)17-20-5-11-23(40)12-6-20/h1-12,24-27,38-40H,13-17,33H2,(H2,34,41)(H,35,42)(H,36,43)(H,37,44)(H,45,46). The van der Waals surface area contributed by atoms with Gasteiger partial charge in [0, 0.05) is 25.7 Å². The molecule has 0 aliphatic carbocycles. The summed E-state index contributed by atoms with van der Waals surface area (Å²) in [5.41, 5.74) is 12.7. The number of hydrogen-bond acceptors (Lipinski definition) is 9. The van der Waals surface area contributed by atoms with Gasteiger partial charge in [-0.1, -0.05) is 36.4 Å². The van der Waals surface area contributed by atoms with Crippen molar-refractivity contribution in [2.24, 2.45) is 11.5 Å². The lowest BCUT2D eigenvalue weighted by Crippen LogP contribution is -2.58. The molecule has 14 heteroatoms. The lowest BCUT2D eigenvalue weighted by molar-refractivity contribution is -0.142. The van der Waals surface area contributed by atoms with E-state index in [1.165, 1.54) is 72.8 Å². The summed E-state index contributed by atoms with van der Waals surface area (Å²) in [4.78, 5) is 63.4. The lowest BCUT2D eigenvalue weighted by atomic mass is 10.0. The third-order valence-corrected chi connectivity index (χ3v) is 7.05. The first-order chi connectivity index (χ1) is 21.8. The second-order valence-electron chi connectivity index (χ2n) is 10.7. The van der Waals surface area contributed by atoms with Gasteiger partial charge in [-0.2, -0.15) is 0 Å². The van der Waals surface area contributed by atoms with Gasteiger partial charge in [0.15, 0.2) is 0 Å². The number of nitrogens with two attached hydrogens (primary N) is 2. The van der Waals surface area contributed by atoms with E-state index in [-0.39, 0.29) is 49.4 Å². The number of primary amides is 1. The van der Waals surface area contributed by atoms with Crippen molar-refractivity contribution in [2.75, 3.05) is 0 Å². The Kier molecular flexibility index (Phi) is 12.5. The minimum absolute atomic E-state index is 0.0147. The van der Waals surface area contributed by atoms with E-state index >= 15 is 0 Å². The average Bonchev–Trinajstić information content (AvgIpc) is 3.01. The molecule has 3 rings (SSSR count). The van der Waals surface area contributed by atoms with E-state index in [0.717, 1.165) is 0 Å². The maximum absolute atomic E-state index is 13.7. The summed E-state index contributed by atoms with van der Waals surface area (Å²) in [7, 11) is 0. The van der Waals surface area contributed by atoms with Crippen LogP contribution in [0.25, 0.3) is 0 Å². The quantitative estimate of drug-likeness (QED) is 0.102. The molecule has 0 aromatic heterocycles. The lowest BCUT2D eigenvalue weighted by Gasteiger charge is -2.25.